The Kier molecular flexibility index (Phi) is 19.8. The van der Waals surface area contributed by atoms with Crippen LogP contribution in [0.25, 0.3) is 126 Å². The summed E-state index contributed by atoms with van der Waals surface area (Å²) in [6.45, 7) is 13.4. The third-order valence-corrected chi connectivity index (χ3v) is 16.6. The molecule has 5 aromatic carbocycles. The minimum absolute atomic E-state index is 0.295. The second-order valence-corrected chi connectivity index (χ2v) is 26.1. The highest BCUT2D eigenvalue weighted by atomic mass is 19.2. The van der Waals surface area contributed by atoms with Crippen molar-refractivity contribution in [1.29, 1.82) is 0 Å². The van der Waals surface area contributed by atoms with Crippen molar-refractivity contribution in [1.82, 2.24) is 29.9 Å². The van der Waals surface area contributed by atoms with Gasteiger partial charge in [0.15, 0.2) is 116 Å². The molecule has 0 atom stereocenters. The standard InChI is InChI=1S/C75H55F20N11/c1-24(2)96-71-61(86)51(76)46(52(77)62(71)87)41-31-13-11-29(101-31)23-30-12-14-32(102-30)42(47-53(78)63(88)72(97-25(3)4)64(89)54(47)79)34-16-18-36(104-34)44(49-57(82)67(92)74(99-27(7)8)68(93)58(49)83)38-20-22-40(106-38)45(50-59(84)69(94)75(100-28(9)10)70(95)60(50)85)39-21-19-37(105-39)43(35-17-15-33(41)103-35)48-55(80)65(90)73(98-26(5)6)66(91)56(48)81/h11-28,96-100,103-104H,1-10H3. The Balaban J connectivity index is 1.35. The molecule has 11 nitrogen and oxygen atoms in total. The van der Waals surface area contributed by atoms with Crippen LogP contribution in [-0.2, 0) is 0 Å². The summed E-state index contributed by atoms with van der Waals surface area (Å²) in [7, 11) is 0. The summed E-state index contributed by atoms with van der Waals surface area (Å²) in [4.78, 5) is 22.7. The molecule has 7 N–H and O–H groups in total. The fourth-order valence-corrected chi connectivity index (χ4v) is 12.3. The number of nitrogens with zero attached hydrogens (tertiary/aromatic N) is 4. The number of anilines is 5. The van der Waals surface area contributed by atoms with Gasteiger partial charge in [-0.15, -0.1) is 0 Å². The van der Waals surface area contributed by atoms with Crippen molar-refractivity contribution in [3.8, 4) is 55.6 Å². The molecule has 3 aromatic heterocycles. The summed E-state index contributed by atoms with van der Waals surface area (Å²) >= 11 is 0. The molecule has 7 heterocycles. The maximum atomic E-state index is 17.4. The maximum Gasteiger partial charge on any atom is 0.185 e. The number of halogens is 20. The molecule has 4 aliphatic heterocycles. The van der Waals surface area contributed by atoms with E-state index >= 15 is 87.8 Å². The fraction of sp³-hybridized carbons (Fsp3) is 0.200. The Morgan fingerprint density at radius 2 is 0.387 bits per heavy atom. The molecule has 106 heavy (non-hydrogen) atoms. The van der Waals surface area contributed by atoms with Crippen LogP contribution in [-0.4, -0.2) is 60.1 Å². The second-order valence-electron chi connectivity index (χ2n) is 26.1. The van der Waals surface area contributed by atoms with E-state index in [-0.39, 0.29) is 11.4 Å². The van der Waals surface area contributed by atoms with Crippen LogP contribution >= 0.6 is 0 Å². The predicted octanol–water partition coefficient (Wildman–Crippen LogP) is 21.9. The number of nitrogens with one attached hydrogen (secondary N) is 7. The molecular formula is C75H55F20N11. The van der Waals surface area contributed by atoms with Crippen LogP contribution in [0, 0.1) is 116 Å². The van der Waals surface area contributed by atoms with Gasteiger partial charge in [-0.1, -0.05) is 0 Å². The number of benzene rings is 5. The number of aromatic nitrogens is 6. The summed E-state index contributed by atoms with van der Waals surface area (Å²) < 4.78 is 337. The third-order valence-electron chi connectivity index (χ3n) is 16.6. The highest BCUT2D eigenvalue weighted by Crippen LogP contribution is 2.48. The van der Waals surface area contributed by atoms with Crippen LogP contribution in [0.4, 0.5) is 116 Å². The van der Waals surface area contributed by atoms with Crippen LogP contribution in [0.1, 0.15) is 115 Å². The Bertz CT molecular complexity index is 5150. The smallest absolute Gasteiger partial charge is 0.185 e. The van der Waals surface area contributed by atoms with E-state index in [1.54, 1.807) is 0 Å². The molecule has 0 aliphatic carbocycles. The van der Waals surface area contributed by atoms with Gasteiger partial charge in [-0.25, -0.2) is 108 Å². The van der Waals surface area contributed by atoms with Crippen molar-refractivity contribution in [2.45, 2.75) is 99.4 Å². The van der Waals surface area contributed by atoms with Crippen LogP contribution in [0.3, 0.4) is 0 Å². The number of hydrogen-bond acceptors (Lipinski definition) is 9. The van der Waals surface area contributed by atoms with E-state index in [0.717, 1.165) is 78.9 Å². The number of rotatable bonds is 15. The summed E-state index contributed by atoms with van der Waals surface area (Å²) in [5.74, 6) is -42.5. The molecule has 12 rings (SSSR count). The molecule has 12 bridgehead atoms. The van der Waals surface area contributed by atoms with Crippen molar-refractivity contribution in [3.05, 3.63) is 192 Å². The van der Waals surface area contributed by atoms with Gasteiger partial charge in [-0.2, -0.15) is 0 Å². The maximum absolute atomic E-state index is 17.4. The van der Waals surface area contributed by atoms with Gasteiger partial charge in [0.1, 0.15) is 28.4 Å². The minimum Gasteiger partial charge on any atom is -0.378 e. The lowest BCUT2D eigenvalue weighted by molar-refractivity contribution is 0.461. The molecule has 0 amide bonds. The molecule has 8 aromatic rings. The van der Waals surface area contributed by atoms with Crippen molar-refractivity contribution < 1.29 is 87.8 Å². The SMILES string of the molecule is CC(C)Nc1c(F)c(F)c(-c2c3nc(c(-c4c(F)c(F)c(NC(C)C)c(F)c4F)c4ccc([nH]4)c(-c4c(F)c(F)c(NC(C)C)c(F)c4F)c4nc(cc5nc(c(-c6c(F)c(F)c(NC(C)C)c(F)c6F)c6ccc([nH]6)c(-c6c(F)c(F)c(NC(C)C)c(F)c6F)c6nc2C=C6)C=C5)C=C4)C=C3)c(F)c1F. The highest BCUT2D eigenvalue weighted by molar-refractivity contribution is 6.00. The van der Waals surface area contributed by atoms with Gasteiger partial charge in [-0.3, -0.25) is 0 Å². The number of hydrogen-bond donors (Lipinski definition) is 7. The van der Waals surface area contributed by atoms with E-state index < -0.39 is 287 Å². The van der Waals surface area contributed by atoms with Gasteiger partial charge in [0.25, 0.3) is 0 Å². The molecule has 0 spiro atoms. The van der Waals surface area contributed by atoms with Gasteiger partial charge >= 0.3 is 0 Å². The Morgan fingerprint density at radius 1 is 0.217 bits per heavy atom. The quantitative estimate of drug-likeness (QED) is 0.0394. The first-order valence-corrected chi connectivity index (χ1v) is 32.3. The van der Waals surface area contributed by atoms with E-state index in [4.69, 9.17) is 0 Å². The largest absolute Gasteiger partial charge is 0.378 e. The third kappa shape index (κ3) is 12.8. The summed E-state index contributed by atoms with van der Waals surface area (Å²) in [5.41, 5.74) is -28.9. The monoisotopic (exact) mass is 1490 g/mol. The van der Waals surface area contributed by atoms with E-state index in [9.17, 15) is 0 Å². The number of aromatic amines is 2. The van der Waals surface area contributed by atoms with Crippen LogP contribution in [0.15, 0.2) is 30.3 Å². The zero-order valence-corrected chi connectivity index (χ0v) is 56.7. The Morgan fingerprint density at radius 3 is 0.585 bits per heavy atom. The van der Waals surface area contributed by atoms with Gasteiger partial charge in [-0.05, 0) is 148 Å². The Hall–Kier alpha value is -11.4. The predicted molar refractivity (Wildman–Crippen MR) is 368 cm³/mol. The van der Waals surface area contributed by atoms with Crippen LogP contribution < -0.4 is 26.6 Å². The van der Waals surface area contributed by atoms with E-state index in [1.807, 2.05) is 0 Å². The first-order chi connectivity index (χ1) is 50.0. The van der Waals surface area contributed by atoms with Gasteiger partial charge < -0.3 is 36.6 Å². The van der Waals surface area contributed by atoms with Crippen molar-refractivity contribution in [2.75, 3.05) is 26.6 Å². The number of fused-ring (bicyclic) bond motifs is 12. The van der Waals surface area contributed by atoms with Crippen LogP contribution in [0.2, 0.25) is 0 Å². The van der Waals surface area contributed by atoms with Gasteiger partial charge in [0.05, 0.1) is 73.4 Å². The molecular weight excluding hydrogens is 1430 g/mol. The summed E-state index contributed by atoms with van der Waals surface area (Å²) in [6.07, 6.45) is 7.17. The van der Waals surface area contributed by atoms with Gasteiger partial charge in [0, 0.05) is 80.1 Å². The second kappa shape index (κ2) is 28.2. The zero-order chi connectivity index (χ0) is 77.0. The molecule has 0 unspecified atom stereocenters. The normalized spacial score (nSPS) is 12.5. The number of H-pyrrole nitrogens is 2. The molecule has 0 fully saturated rings. The van der Waals surface area contributed by atoms with Crippen molar-refractivity contribution in [3.63, 3.8) is 0 Å². The molecule has 0 radical (unpaired) electrons. The van der Waals surface area contributed by atoms with Crippen LogP contribution in [0.5, 0.6) is 0 Å². The van der Waals surface area contributed by atoms with Crippen molar-refractivity contribution in [2.24, 2.45) is 0 Å². The summed E-state index contributed by atoms with van der Waals surface area (Å²) in [5, 5.41) is 11.2. The molecule has 31 heteroatoms. The lowest BCUT2D eigenvalue weighted by Gasteiger charge is -2.17. The summed E-state index contributed by atoms with van der Waals surface area (Å²) in [6, 6.07) is -0.0440. The molecule has 0 saturated heterocycles. The van der Waals surface area contributed by atoms with E-state index in [2.05, 4.69) is 56.5 Å². The highest BCUT2D eigenvalue weighted by Gasteiger charge is 2.37. The average molecular weight is 1490 g/mol. The lowest BCUT2D eigenvalue weighted by atomic mass is 9.99. The van der Waals surface area contributed by atoms with Crippen molar-refractivity contribution >= 4 is 99.1 Å². The topological polar surface area (TPSA) is 143 Å². The average Bonchev–Trinajstić information content (AvgIpc) is 1.61. The molecule has 0 saturated carbocycles. The van der Waals surface area contributed by atoms with E-state index in [0.29, 0.717) is 0 Å². The van der Waals surface area contributed by atoms with E-state index in [1.165, 1.54) is 69.2 Å². The first-order valence-electron chi connectivity index (χ1n) is 32.3. The molecule has 4 aliphatic rings. The lowest BCUT2D eigenvalue weighted by Crippen LogP contribution is -2.15. The first kappa shape index (κ1) is 74.3. The minimum atomic E-state index is -2.27. The molecule has 550 valence electrons. The fourth-order valence-electron chi connectivity index (χ4n) is 12.3. The Labute approximate surface area is 588 Å². The zero-order valence-electron chi connectivity index (χ0n) is 56.7. The van der Waals surface area contributed by atoms with Gasteiger partial charge in [0.2, 0.25) is 0 Å².